The van der Waals surface area contributed by atoms with Crippen molar-refractivity contribution in [3.8, 4) is 5.75 Å². The highest BCUT2D eigenvalue weighted by Crippen LogP contribution is 2.35. The minimum Gasteiger partial charge on any atom is -0.494 e. The summed E-state index contributed by atoms with van der Waals surface area (Å²) >= 11 is 0. The average molecular weight is 345 g/mol. The first-order valence-electron chi connectivity index (χ1n) is 9.53. The second-order valence-electron chi connectivity index (χ2n) is 7.25. The molecule has 5 nitrogen and oxygen atoms in total. The van der Waals surface area contributed by atoms with E-state index >= 15 is 0 Å². The molecule has 25 heavy (non-hydrogen) atoms. The second-order valence-corrected chi connectivity index (χ2v) is 7.25. The van der Waals surface area contributed by atoms with Gasteiger partial charge in [0.25, 0.3) is 5.91 Å². The smallest absolute Gasteiger partial charge is 0.254 e. The highest BCUT2D eigenvalue weighted by Gasteiger charge is 2.45. The minimum absolute atomic E-state index is 0.0199. The van der Waals surface area contributed by atoms with Crippen molar-refractivity contribution in [2.75, 3.05) is 26.4 Å². The third-order valence-corrected chi connectivity index (χ3v) is 5.43. The molecule has 0 spiro atoms. The van der Waals surface area contributed by atoms with E-state index in [9.17, 15) is 4.79 Å². The maximum Gasteiger partial charge on any atom is 0.254 e. The highest BCUT2D eigenvalue weighted by atomic mass is 16.5. The lowest BCUT2D eigenvalue weighted by molar-refractivity contribution is -0.106. The van der Waals surface area contributed by atoms with Crippen molar-refractivity contribution in [3.63, 3.8) is 0 Å². The van der Waals surface area contributed by atoms with Crippen LogP contribution in [0.1, 0.15) is 43.0 Å². The molecule has 5 heteroatoms. The molecule has 1 heterocycles. The zero-order chi connectivity index (χ0) is 17.2. The zero-order valence-electron chi connectivity index (χ0n) is 14.9. The Bertz CT molecular complexity index is 615. The van der Waals surface area contributed by atoms with E-state index in [0.717, 1.165) is 31.1 Å². The summed E-state index contributed by atoms with van der Waals surface area (Å²) in [5.74, 6) is 1.57. The summed E-state index contributed by atoms with van der Waals surface area (Å²) in [6.45, 7) is 4.62. The molecule has 3 fully saturated rings. The minimum atomic E-state index is 0.0199. The predicted octanol–water partition coefficient (Wildman–Crippen LogP) is 2.88. The lowest BCUT2D eigenvalue weighted by atomic mass is 10.1. The van der Waals surface area contributed by atoms with Gasteiger partial charge in [-0.15, -0.1) is 0 Å². The van der Waals surface area contributed by atoms with Gasteiger partial charge in [0.1, 0.15) is 11.9 Å². The number of morpholine rings is 1. The van der Waals surface area contributed by atoms with Gasteiger partial charge in [0.05, 0.1) is 25.4 Å². The fourth-order valence-electron chi connectivity index (χ4n) is 3.94. The predicted molar refractivity (Wildman–Crippen MR) is 93.9 cm³/mol. The van der Waals surface area contributed by atoms with Gasteiger partial charge in [-0.25, -0.2) is 0 Å². The van der Waals surface area contributed by atoms with Crippen molar-refractivity contribution in [2.24, 2.45) is 5.92 Å². The standard InChI is InChI=1S/C20H27NO4/c1-2-23-16-5-3-4-15(12-16)20(22)21-10-11-24-19-17(21)8-9-18(19)25-13-14-6-7-14/h3-5,12,14,17-19H,2,6-11,13H2,1H3/t17-,18+,19+/m0/s1. The zero-order valence-corrected chi connectivity index (χ0v) is 14.9. The van der Waals surface area contributed by atoms with E-state index in [1.165, 1.54) is 12.8 Å². The third kappa shape index (κ3) is 3.67. The number of nitrogens with zero attached hydrogens (tertiary/aromatic N) is 1. The van der Waals surface area contributed by atoms with E-state index in [4.69, 9.17) is 14.2 Å². The second kappa shape index (κ2) is 7.34. The molecule has 3 atom stereocenters. The van der Waals surface area contributed by atoms with Gasteiger partial charge < -0.3 is 19.1 Å². The first-order valence-corrected chi connectivity index (χ1v) is 9.53. The van der Waals surface area contributed by atoms with Crippen LogP contribution in [0.4, 0.5) is 0 Å². The van der Waals surface area contributed by atoms with Crippen molar-refractivity contribution in [3.05, 3.63) is 29.8 Å². The molecule has 3 aliphatic rings. The van der Waals surface area contributed by atoms with Crippen LogP contribution in [0.2, 0.25) is 0 Å². The Morgan fingerprint density at radius 1 is 1.28 bits per heavy atom. The number of hydrogen-bond acceptors (Lipinski definition) is 4. The number of carbonyl (C=O) groups excluding carboxylic acids is 1. The lowest BCUT2D eigenvalue weighted by Gasteiger charge is -2.39. The summed E-state index contributed by atoms with van der Waals surface area (Å²) in [4.78, 5) is 15.0. The SMILES string of the molecule is CCOc1cccc(C(=O)N2CCO[C@H]3[C@H](OCC4CC4)CC[C@@H]32)c1. The van der Waals surface area contributed by atoms with Crippen LogP contribution in [0.15, 0.2) is 24.3 Å². The van der Waals surface area contributed by atoms with Gasteiger partial charge in [0.2, 0.25) is 0 Å². The summed E-state index contributed by atoms with van der Waals surface area (Å²) in [5, 5.41) is 0. The van der Waals surface area contributed by atoms with Gasteiger partial charge in [-0.1, -0.05) is 6.07 Å². The molecule has 1 aromatic rings. The lowest BCUT2D eigenvalue weighted by Crippen LogP contribution is -2.53. The van der Waals surface area contributed by atoms with Gasteiger partial charge in [-0.3, -0.25) is 4.79 Å². The number of hydrogen-bond donors (Lipinski definition) is 0. The Morgan fingerprint density at radius 3 is 2.96 bits per heavy atom. The molecule has 136 valence electrons. The molecule has 2 saturated carbocycles. The molecule has 0 bridgehead atoms. The van der Waals surface area contributed by atoms with E-state index in [-0.39, 0.29) is 24.2 Å². The quantitative estimate of drug-likeness (QED) is 0.795. The average Bonchev–Trinajstić information content (AvgIpc) is 3.38. The number of carbonyl (C=O) groups is 1. The van der Waals surface area contributed by atoms with Crippen LogP contribution in [0.3, 0.4) is 0 Å². The topological polar surface area (TPSA) is 48.0 Å². The van der Waals surface area contributed by atoms with E-state index in [1.807, 2.05) is 36.1 Å². The van der Waals surface area contributed by atoms with Gasteiger partial charge in [-0.2, -0.15) is 0 Å². The molecule has 0 aromatic heterocycles. The summed E-state index contributed by atoms with van der Waals surface area (Å²) in [7, 11) is 0. The fourth-order valence-corrected chi connectivity index (χ4v) is 3.94. The molecule has 1 aliphatic heterocycles. The summed E-state index contributed by atoms with van der Waals surface area (Å²) in [6, 6.07) is 7.60. The highest BCUT2D eigenvalue weighted by molar-refractivity contribution is 5.95. The Labute approximate surface area is 149 Å². The first kappa shape index (κ1) is 16.9. The van der Waals surface area contributed by atoms with E-state index < -0.39 is 0 Å². The number of fused-ring (bicyclic) bond motifs is 1. The molecule has 0 N–H and O–H groups in total. The van der Waals surface area contributed by atoms with Crippen molar-refractivity contribution >= 4 is 5.91 Å². The van der Waals surface area contributed by atoms with Crippen molar-refractivity contribution in [2.45, 2.75) is 50.9 Å². The van der Waals surface area contributed by atoms with E-state index in [0.29, 0.717) is 25.3 Å². The van der Waals surface area contributed by atoms with Crippen molar-refractivity contribution in [1.29, 1.82) is 0 Å². The van der Waals surface area contributed by atoms with Crippen LogP contribution in [0.5, 0.6) is 5.75 Å². The Balaban J connectivity index is 1.44. The molecular weight excluding hydrogens is 318 g/mol. The van der Waals surface area contributed by atoms with Gasteiger partial charge in [0, 0.05) is 18.7 Å². The number of benzene rings is 1. The molecule has 1 aromatic carbocycles. The molecular formula is C20H27NO4. The van der Waals surface area contributed by atoms with Crippen LogP contribution in [0.25, 0.3) is 0 Å². The summed E-state index contributed by atoms with van der Waals surface area (Å²) in [5.41, 5.74) is 0.689. The monoisotopic (exact) mass is 345 g/mol. The number of rotatable bonds is 6. The Kier molecular flexibility index (Phi) is 4.95. The van der Waals surface area contributed by atoms with Gasteiger partial charge >= 0.3 is 0 Å². The Hall–Kier alpha value is -1.59. The summed E-state index contributed by atoms with van der Waals surface area (Å²) in [6.07, 6.45) is 4.68. The largest absolute Gasteiger partial charge is 0.494 e. The third-order valence-electron chi connectivity index (χ3n) is 5.43. The molecule has 0 radical (unpaired) electrons. The van der Waals surface area contributed by atoms with Gasteiger partial charge in [-0.05, 0) is 56.7 Å². The number of amides is 1. The molecule has 0 unspecified atom stereocenters. The molecule has 2 aliphatic carbocycles. The van der Waals surface area contributed by atoms with E-state index in [2.05, 4.69) is 0 Å². The maximum absolute atomic E-state index is 13.1. The first-order chi connectivity index (χ1) is 12.3. The fraction of sp³-hybridized carbons (Fsp3) is 0.650. The van der Waals surface area contributed by atoms with Crippen molar-refractivity contribution in [1.82, 2.24) is 4.90 Å². The maximum atomic E-state index is 13.1. The normalized spacial score (nSPS) is 28.7. The Morgan fingerprint density at radius 2 is 2.16 bits per heavy atom. The molecule has 4 rings (SSSR count). The number of ether oxygens (including phenoxy) is 3. The van der Waals surface area contributed by atoms with E-state index in [1.54, 1.807) is 0 Å². The van der Waals surface area contributed by atoms with Crippen LogP contribution in [-0.2, 0) is 9.47 Å². The van der Waals surface area contributed by atoms with Crippen LogP contribution in [0, 0.1) is 5.92 Å². The van der Waals surface area contributed by atoms with Crippen LogP contribution >= 0.6 is 0 Å². The van der Waals surface area contributed by atoms with Crippen LogP contribution < -0.4 is 4.74 Å². The molecule has 1 saturated heterocycles. The molecule has 1 amide bonds. The van der Waals surface area contributed by atoms with Crippen LogP contribution in [-0.4, -0.2) is 55.4 Å². The van der Waals surface area contributed by atoms with Crippen molar-refractivity contribution < 1.29 is 19.0 Å². The van der Waals surface area contributed by atoms with Gasteiger partial charge in [0.15, 0.2) is 0 Å². The summed E-state index contributed by atoms with van der Waals surface area (Å²) < 4.78 is 17.6.